The number of imide groups is 1. The Kier molecular flexibility index (Phi) is 8.68. The lowest BCUT2D eigenvalue weighted by Crippen LogP contribution is -2.40. The number of amides is 2. The van der Waals surface area contributed by atoms with Gasteiger partial charge in [0.05, 0.1) is 18.1 Å². The molecule has 2 fully saturated rings. The molecule has 6 nitrogen and oxygen atoms in total. The molecule has 2 aliphatic rings. The van der Waals surface area contributed by atoms with Crippen LogP contribution in [0.25, 0.3) is 0 Å². The standard InChI is InChI=1S/C24H34FNO5S/c1-17(20-9-11-21(25)22(14-20)31-15-18-6-5-7-18)16-32(29,30)13-4-2-3-8-19-10-12-23(27)26-24(19)28/h9,11,14,17-19H,2-8,10,12-13,15-16H2,1H3,(H,26,27,28)/t17-,19?/m0/s1. The Hall–Kier alpha value is -1.96. The van der Waals surface area contributed by atoms with Gasteiger partial charge in [0.2, 0.25) is 11.8 Å². The summed E-state index contributed by atoms with van der Waals surface area (Å²) in [6.07, 6.45) is 7.08. The molecule has 0 spiro atoms. The number of nitrogens with one attached hydrogen (secondary N) is 1. The number of carbonyl (C=O) groups excluding carboxylic acids is 2. The zero-order valence-corrected chi connectivity index (χ0v) is 19.6. The van der Waals surface area contributed by atoms with Gasteiger partial charge in [0, 0.05) is 12.3 Å². The molecule has 32 heavy (non-hydrogen) atoms. The van der Waals surface area contributed by atoms with Crippen molar-refractivity contribution in [3.05, 3.63) is 29.6 Å². The van der Waals surface area contributed by atoms with Crippen molar-refractivity contribution in [2.75, 3.05) is 18.1 Å². The first-order valence-corrected chi connectivity index (χ1v) is 13.5. The van der Waals surface area contributed by atoms with Gasteiger partial charge in [-0.05, 0) is 61.6 Å². The van der Waals surface area contributed by atoms with E-state index < -0.39 is 15.7 Å². The number of hydrogen-bond donors (Lipinski definition) is 1. The van der Waals surface area contributed by atoms with Gasteiger partial charge in [-0.1, -0.05) is 32.3 Å². The fraction of sp³-hybridized carbons (Fsp3) is 0.667. The van der Waals surface area contributed by atoms with E-state index in [4.69, 9.17) is 4.74 Å². The summed E-state index contributed by atoms with van der Waals surface area (Å²) in [5.41, 5.74) is 0.761. The Labute approximate surface area is 190 Å². The van der Waals surface area contributed by atoms with Crippen LogP contribution in [0.2, 0.25) is 0 Å². The van der Waals surface area contributed by atoms with Gasteiger partial charge in [-0.15, -0.1) is 0 Å². The first kappa shape index (κ1) is 24.7. The minimum atomic E-state index is -3.25. The third-order valence-corrected chi connectivity index (χ3v) is 8.51. The summed E-state index contributed by atoms with van der Waals surface area (Å²) in [5, 5.41) is 2.35. The third kappa shape index (κ3) is 7.29. The predicted octanol–water partition coefficient (Wildman–Crippen LogP) is 4.14. The second kappa shape index (κ2) is 11.3. The lowest BCUT2D eigenvalue weighted by Gasteiger charge is -2.25. The van der Waals surface area contributed by atoms with E-state index in [0.29, 0.717) is 38.2 Å². The van der Waals surface area contributed by atoms with Crippen LogP contribution in [-0.2, 0) is 19.4 Å². The van der Waals surface area contributed by atoms with E-state index in [1.807, 2.05) is 6.92 Å². The number of sulfone groups is 1. The average Bonchev–Trinajstić information content (AvgIpc) is 2.69. The van der Waals surface area contributed by atoms with Gasteiger partial charge >= 0.3 is 0 Å². The Balaban J connectivity index is 1.41. The molecule has 8 heteroatoms. The van der Waals surface area contributed by atoms with Crippen molar-refractivity contribution in [3.63, 3.8) is 0 Å². The van der Waals surface area contributed by atoms with Crippen LogP contribution in [0.15, 0.2) is 18.2 Å². The van der Waals surface area contributed by atoms with E-state index in [1.54, 1.807) is 12.1 Å². The normalized spacial score (nSPS) is 20.5. The van der Waals surface area contributed by atoms with Crippen LogP contribution < -0.4 is 10.1 Å². The van der Waals surface area contributed by atoms with Crippen molar-refractivity contribution >= 4 is 21.7 Å². The molecule has 1 aliphatic heterocycles. The molecule has 1 aliphatic carbocycles. The summed E-state index contributed by atoms with van der Waals surface area (Å²) in [4.78, 5) is 22.9. The minimum absolute atomic E-state index is 0.00778. The topological polar surface area (TPSA) is 89.5 Å². The van der Waals surface area contributed by atoms with E-state index in [-0.39, 0.29) is 40.9 Å². The quantitative estimate of drug-likeness (QED) is 0.369. The minimum Gasteiger partial charge on any atom is -0.490 e. The van der Waals surface area contributed by atoms with Crippen LogP contribution in [0.1, 0.15) is 76.2 Å². The zero-order chi connectivity index (χ0) is 23.1. The molecule has 1 saturated heterocycles. The van der Waals surface area contributed by atoms with Crippen LogP contribution in [0.5, 0.6) is 5.75 Å². The van der Waals surface area contributed by atoms with Gasteiger partial charge in [0.25, 0.3) is 0 Å². The van der Waals surface area contributed by atoms with Crippen LogP contribution in [0.4, 0.5) is 4.39 Å². The van der Waals surface area contributed by atoms with Crippen molar-refractivity contribution in [2.24, 2.45) is 11.8 Å². The molecular weight excluding hydrogens is 433 g/mol. The van der Waals surface area contributed by atoms with E-state index in [9.17, 15) is 22.4 Å². The fourth-order valence-corrected chi connectivity index (χ4v) is 6.03. The summed E-state index contributed by atoms with van der Waals surface area (Å²) in [6, 6.07) is 4.61. The van der Waals surface area contributed by atoms with Crippen LogP contribution in [0.3, 0.4) is 0 Å². The fourth-order valence-electron chi connectivity index (χ4n) is 4.27. The maximum absolute atomic E-state index is 14.1. The monoisotopic (exact) mass is 467 g/mol. The number of halogens is 1. The van der Waals surface area contributed by atoms with E-state index in [0.717, 1.165) is 31.2 Å². The Morgan fingerprint density at radius 3 is 2.62 bits per heavy atom. The molecule has 1 saturated carbocycles. The maximum Gasteiger partial charge on any atom is 0.229 e. The maximum atomic E-state index is 14.1. The van der Waals surface area contributed by atoms with Crippen molar-refractivity contribution in [2.45, 2.75) is 70.6 Å². The number of hydrogen-bond acceptors (Lipinski definition) is 5. The highest BCUT2D eigenvalue weighted by atomic mass is 32.2. The van der Waals surface area contributed by atoms with Crippen LogP contribution in [-0.4, -0.2) is 38.3 Å². The highest BCUT2D eigenvalue weighted by molar-refractivity contribution is 7.91. The summed E-state index contributed by atoms with van der Waals surface area (Å²) in [7, 11) is -3.25. The summed E-state index contributed by atoms with van der Waals surface area (Å²) in [5.74, 6) is -0.453. The van der Waals surface area contributed by atoms with Gasteiger partial charge in [-0.3, -0.25) is 14.9 Å². The van der Waals surface area contributed by atoms with Crippen molar-refractivity contribution in [1.29, 1.82) is 0 Å². The molecule has 1 aromatic rings. The largest absolute Gasteiger partial charge is 0.490 e. The second-order valence-electron chi connectivity index (χ2n) is 9.31. The molecule has 1 heterocycles. The smallest absolute Gasteiger partial charge is 0.229 e. The van der Waals surface area contributed by atoms with Crippen LogP contribution in [0, 0.1) is 17.7 Å². The molecule has 1 unspecified atom stereocenters. The van der Waals surface area contributed by atoms with Crippen molar-refractivity contribution < 1.29 is 27.1 Å². The molecule has 178 valence electrons. The summed E-state index contributed by atoms with van der Waals surface area (Å²) in [6.45, 7) is 2.34. The summed E-state index contributed by atoms with van der Waals surface area (Å²) >= 11 is 0. The molecule has 1 N–H and O–H groups in total. The SMILES string of the molecule is C[C@@H](CS(=O)(=O)CCCCCC1CCC(=O)NC1=O)c1ccc(F)c(OCC2CCC2)c1. The lowest BCUT2D eigenvalue weighted by atomic mass is 9.86. The Morgan fingerprint density at radius 2 is 1.94 bits per heavy atom. The highest BCUT2D eigenvalue weighted by Gasteiger charge is 2.26. The number of unbranched alkanes of at least 4 members (excludes halogenated alkanes) is 2. The molecule has 3 rings (SSSR count). The van der Waals surface area contributed by atoms with Gasteiger partial charge in [0.1, 0.15) is 0 Å². The van der Waals surface area contributed by atoms with Gasteiger partial charge < -0.3 is 4.74 Å². The molecule has 2 atom stereocenters. The van der Waals surface area contributed by atoms with E-state index in [2.05, 4.69) is 5.32 Å². The molecule has 1 aromatic carbocycles. The third-order valence-electron chi connectivity index (χ3n) is 6.59. The molecule has 2 amide bonds. The predicted molar refractivity (Wildman–Crippen MR) is 121 cm³/mol. The first-order chi connectivity index (χ1) is 15.2. The Bertz CT molecular complexity index is 913. The lowest BCUT2D eigenvalue weighted by molar-refractivity contribution is -0.136. The van der Waals surface area contributed by atoms with Gasteiger partial charge in [0.15, 0.2) is 21.4 Å². The van der Waals surface area contributed by atoms with Gasteiger partial charge in [-0.25, -0.2) is 12.8 Å². The number of benzene rings is 1. The molecule has 0 aromatic heterocycles. The zero-order valence-electron chi connectivity index (χ0n) is 18.8. The summed E-state index contributed by atoms with van der Waals surface area (Å²) < 4.78 is 44.9. The number of carbonyl (C=O) groups is 2. The molecular formula is C24H34FNO5S. The van der Waals surface area contributed by atoms with Crippen molar-refractivity contribution in [3.8, 4) is 5.75 Å². The highest BCUT2D eigenvalue weighted by Crippen LogP contribution is 2.30. The molecule has 0 bridgehead atoms. The van der Waals surface area contributed by atoms with Crippen LogP contribution >= 0.6 is 0 Å². The van der Waals surface area contributed by atoms with E-state index in [1.165, 1.54) is 12.5 Å². The number of rotatable bonds is 12. The Morgan fingerprint density at radius 1 is 1.16 bits per heavy atom. The van der Waals surface area contributed by atoms with E-state index >= 15 is 0 Å². The van der Waals surface area contributed by atoms with Gasteiger partial charge in [-0.2, -0.15) is 0 Å². The first-order valence-electron chi connectivity index (χ1n) is 11.7. The second-order valence-corrected chi connectivity index (χ2v) is 11.5. The number of ether oxygens (including phenoxy) is 1. The van der Waals surface area contributed by atoms with Crippen molar-refractivity contribution in [1.82, 2.24) is 5.32 Å². The average molecular weight is 468 g/mol. The molecule has 0 radical (unpaired) electrons. The number of piperidine rings is 1.